The molecule has 0 spiro atoms. The molecular weight excluding hydrogens is 404 g/mol. The van der Waals surface area contributed by atoms with Gasteiger partial charge in [-0.25, -0.2) is 0 Å². The average Bonchev–Trinajstić information content (AvgIpc) is 2.89. The third-order valence-electron chi connectivity index (χ3n) is 6.78. The molecule has 2 aliphatic heterocycles. The molecule has 2 heteroatoms. The van der Waals surface area contributed by atoms with Crippen molar-refractivity contribution in [2.45, 2.75) is 5.41 Å². The molecule has 2 nitrogen and oxygen atoms in total. The van der Waals surface area contributed by atoms with Crippen molar-refractivity contribution >= 4 is 0 Å². The Morgan fingerprint density at radius 3 is 1.48 bits per heavy atom. The SMILES string of the molecule is c1ccc(-c2cc3c4c(c2)Oc2ccccc2C4(c2ccccc2)c2ccccc2O3)cc1. The van der Waals surface area contributed by atoms with E-state index in [-0.39, 0.29) is 0 Å². The van der Waals surface area contributed by atoms with Gasteiger partial charge in [0.15, 0.2) is 0 Å². The molecule has 0 bridgehead atoms. The van der Waals surface area contributed by atoms with Crippen molar-refractivity contribution in [3.05, 3.63) is 144 Å². The van der Waals surface area contributed by atoms with Gasteiger partial charge in [-0.3, -0.25) is 0 Å². The van der Waals surface area contributed by atoms with Crippen LogP contribution in [0.1, 0.15) is 22.3 Å². The van der Waals surface area contributed by atoms with Crippen LogP contribution >= 0.6 is 0 Å². The Morgan fingerprint density at radius 1 is 0.424 bits per heavy atom. The largest absolute Gasteiger partial charge is 0.457 e. The van der Waals surface area contributed by atoms with Gasteiger partial charge < -0.3 is 9.47 Å². The molecule has 7 rings (SSSR count). The van der Waals surface area contributed by atoms with Gasteiger partial charge in [0.1, 0.15) is 23.0 Å². The molecule has 5 aromatic rings. The number of para-hydroxylation sites is 2. The second-order valence-electron chi connectivity index (χ2n) is 8.53. The molecule has 0 saturated heterocycles. The van der Waals surface area contributed by atoms with E-state index in [0.29, 0.717) is 0 Å². The molecule has 0 radical (unpaired) electrons. The van der Waals surface area contributed by atoms with Crippen LogP contribution in [0.2, 0.25) is 0 Å². The Morgan fingerprint density at radius 2 is 0.909 bits per heavy atom. The average molecular weight is 424 g/mol. The van der Waals surface area contributed by atoms with Crippen molar-refractivity contribution < 1.29 is 9.47 Å². The lowest BCUT2D eigenvalue weighted by atomic mass is 9.62. The van der Waals surface area contributed by atoms with Crippen LogP contribution < -0.4 is 9.47 Å². The van der Waals surface area contributed by atoms with Gasteiger partial charge in [-0.05, 0) is 41.0 Å². The van der Waals surface area contributed by atoms with Crippen LogP contribution in [-0.4, -0.2) is 0 Å². The number of benzene rings is 5. The molecule has 0 saturated carbocycles. The summed E-state index contributed by atoms with van der Waals surface area (Å²) in [6, 6.07) is 42.1. The molecule has 156 valence electrons. The topological polar surface area (TPSA) is 18.5 Å². The minimum absolute atomic E-state index is 0.523. The van der Waals surface area contributed by atoms with E-state index in [4.69, 9.17) is 9.47 Å². The first kappa shape index (κ1) is 18.3. The summed E-state index contributed by atoms with van der Waals surface area (Å²) in [5.41, 5.74) is 6.21. The van der Waals surface area contributed by atoms with E-state index in [2.05, 4.69) is 103 Å². The first-order valence-corrected chi connectivity index (χ1v) is 11.2. The van der Waals surface area contributed by atoms with Gasteiger partial charge in [0, 0.05) is 11.1 Å². The van der Waals surface area contributed by atoms with Crippen LogP contribution in [0.25, 0.3) is 11.1 Å². The number of hydrogen-bond acceptors (Lipinski definition) is 2. The Labute approximate surface area is 192 Å². The second-order valence-corrected chi connectivity index (χ2v) is 8.53. The van der Waals surface area contributed by atoms with Gasteiger partial charge in [0.25, 0.3) is 0 Å². The summed E-state index contributed by atoms with van der Waals surface area (Å²) in [6.07, 6.45) is 0. The van der Waals surface area contributed by atoms with E-state index in [1.807, 2.05) is 18.2 Å². The van der Waals surface area contributed by atoms with Gasteiger partial charge in [0.2, 0.25) is 0 Å². The molecular formula is C31H20O2. The zero-order valence-electron chi connectivity index (χ0n) is 17.9. The lowest BCUT2D eigenvalue weighted by Crippen LogP contribution is -2.37. The van der Waals surface area contributed by atoms with Crippen LogP contribution in [0.4, 0.5) is 0 Å². The summed E-state index contributed by atoms with van der Waals surface area (Å²) >= 11 is 0. The number of fused-ring (bicyclic) bond motifs is 4. The van der Waals surface area contributed by atoms with Gasteiger partial charge in [-0.15, -0.1) is 0 Å². The van der Waals surface area contributed by atoms with Crippen molar-refractivity contribution in [1.82, 2.24) is 0 Å². The van der Waals surface area contributed by atoms with Crippen LogP contribution in [0.3, 0.4) is 0 Å². The first-order valence-electron chi connectivity index (χ1n) is 11.2. The van der Waals surface area contributed by atoms with E-state index >= 15 is 0 Å². The highest BCUT2D eigenvalue weighted by Crippen LogP contribution is 2.63. The normalized spacial score (nSPS) is 14.2. The summed E-state index contributed by atoms with van der Waals surface area (Å²) in [7, 11) is 0. The van der Waals surface area contributed by atoms with Gasteiger partial charge >= 0.3 is 0 Å². The molecule has 0 unspecified atom stereocenters. The van der Waals surface area contributed by atoms with Gasteiger partial charge in [-0.1, -0.05) is 97.1 Å². The number of ether oxygens (including phenoxy) is 2. The molecule has 0 amide bonds. The van der Waals surface area contributed by atoms with Gasteiger partial charge in [-0.2, -0.15) is 0 Å². The van der Waals surface area contributed by atoms with E-state index in [0.717, 1.165) is 50.8 Å². The van der Waals surface area contributed by atoms with E-state index in [1.54, 1.807) is 0 Å². The highest BCUT2D eigenvalue weighted by Gasteiger charge is 2.51. The Kier molecular flexibility index (Phi) is 3.80. The maximum atomic E-state index is 6.57. The maximum Gasteiger partial charge on any atom is 0.136 e. The molecule has 0 aromatic heterocycles. The third kappa shape index (κ3) is 2.49. The summed E-state index contributed by atoms with van der Waals surface area (Å²) < 4.78 is 13.1. The fraction of sp³-hybridized carbons (Fsp3) is 0.0323. The van der Waals surface area contributed by atoms with E-state index in [9.17, 15) is 0 Å². The lowest BCUT2D eigenvalue weighted by Gasteiger charge is -2.45. The zero-order chi connectivity index (χ0) is 21.8. The second kappa shape index (κ2) is 6.85. The van der Waals surface area contributed by atoms with E-state index < -0.39 is 5.41 Å². The maximum absolute atomic E-state index is 6.57. The van der Waals surface area contributed by atoms with Crippen molar-refractivity contribution in [2.24, 2.45) is 0 Å². The van der Waals surface area contributed by atoms with Crippen LogP contribution in [0, 0.1) is 0 Å². The quantitative estimate of drug-likeness (QED) is 0.280. The van der Waals surface area contributed by atoms with Gasteiger partial charge in [0.05, 0.1) is 11.0 Å². The van der Waals surface area contributed by atoms with Crippen LogP contribution in [0.15, 0.2) is 121 Å². The highest BCUT2D eigenvalue weighted by atomic mass is 16.5. The summed E-state index contributed by atoms with van der Waals surface area (Å²) in [4.78, 5) is 0. The minimum atomic E-state index is -0.523. The predicted octanol–water partition coefficient (Wildman–Crippen LogP) is 7.95. The number of rotatable bonds is 2. The fourth-order valence-electron chi connectivity index (χ4n) is 5.44. The Bertz CT molecular complexity index is 1430. The Hall–Kier alpha value is -4.30. The standard InChI is InChI=1S/C31H20O2/c1-3-11-21(12-4-1)22-19-28-30-29(20-22)33-27-18-10-8-16-25(27)31(30,23-13-5-2-6-14-23)24-15-7-9-17-26(24)32-28/h1-20H. The molecule has 2 heterocycles. The van der Waals surface area contributed by atoms with Crippen molar-refractivity contribution in [2.75, 3.05) is 0 Å². The van der Waals surface area contributed by atoms with Crippen LogP contribution in [0.5, 0.6) is 23.0 Å². The monoisotopic (exact) mass is 424 g/mol. The summed E-state index contributed by atoms with van der Waals surface area (Å²) in [5, 5.41) is 0. The molecule has 33 heavy (non-hydrogen) atoms. The van der Waals surface area contributed by atoms with E-state index in [1.165, 1.54) is 5.56 Å². The Balaban J connectivity index is 1.64. The zero-order valence-corrected chi connectivity index (χ0v) is 17.9. The number of hydrogen-bond donors (Lipinski definition) is 0. The first-order chi connectivity index (χ1) is 16.4. The van der Waals surface area contributed by atoms with Crippen molar-refractivity contribution in [1.29, 1.82) is 0 Å². The van der Waals surface area contributed by atoms with Crippen LogP contribution in [-0.2, 0) is 5.41 Å². The lowest BCUT2D eigenvalue weighted by molar-refractivity contribution is 0.385. The summed E-state index contributed by atoms with van der Waals surface area (Å²) in [6.45, 7) is 0. The third-order valence-corrected chi connectivity index (χ3v) is 6.78. The van der Waals surface area contributed by atoms with Crippen molar-refractivity contribution in [3.63, 3.8) is 0 Å². The smallest absolute Gasteiger partial charge is 0.136 e. The highest BCUT2D eigenvalue weighted by molar-refractivity contribution is 5.80. The molecule has 0 fully saturated rings. The van der Waals surface area contributed by atoms with Crippen molar-refractivity contribution in [3.8, 4) is 34.1 Å². The molecule has 0 atom stereocenters. The molecule has 0 aliphatic carbocycles. The minimum Gasteiger partial charge on any atom is -0.457 e. The predicted molar refractivity (Wildman–Crippen MR) is 130 cm³/mol. The molecule has 2 aliphatic rings. The summed E-state index contributed by atoms with van der Waals surface area (Å²) in [5.74, 6) is 3.43. The molecule has 0 N–H and O–H groups in total. The molecule has 5 aromatic carbocycles. The fourth-order valence-corrected chi connectivity index (χ4v) is 5.44.